The Bertz CT molecular complexity index is 97.5. The van der Waals surface area contributed by atoms with E-state index < -0.39 is 0 Å². The Labute approximate surface area is 47.7 Å². The molecule has 0 radical (unpaired) electrons. The highest BCUT2D eigenvalue weighted by atomic mass is 16.7. The maximum atomic E-state index is 6.87. The predicted molar refractivity (Wildman–Crippen MR) is 29.2 cm³/mol. The number of hydroxylamine groups is 2. The van der Waals surface area contributed by atoms with Crippen LogP contribution in [0.15, 0.2) is 0 Å². The number of guanidine groups is 1. The SMILES string of the molecule is N=C(N)N1CCCO1. The second-order valence-electron chi connectivity index (χ2n) is 1.67. The van der Waals surface area contributed by atoms with Crippen LogP contribution in [0.25, 0.3) is 0 Å². The third-order valence-corrected chi connectivity index (χ3v) is 1.02. The van der Waals surface area contributed by atoms with Crippen LogP contribution in [0.2, 0.25) is 0 Å². The van der Waals surface area contributed by atoms with Crippen molar-refractivity contribution < 1.29 is 4.84 Å². The number of nitrogens with one attached hydrogen (secondary N) is 1. The van der Waals surface area contributed by atoms with Gasteiger partial charge in [0.15, 0.2) is 0 Å². The fourth-order valence-corrected chi connectivity index (χ4v) is 0.637. The van der Waals surface area contributed by atoms with E-state index in [0.717, 1.165) is 13.0 Å². The standard InChI is InChI=1S/C4H9N3O/c5-4(6)7-2-1-3-8-7/h1-3H2,(H3,5,6). The Morgan fingerprint density at radius 3 is 2.75 bits per heavy atom. The summed E-state index contributed by atoms with van der Waals surface area (Å²) >= 11 is 0. The van der Waals surface area contributed by atoms with E-state index in [0.29, 0.717) is 6.61 Å². The molecule has 1 aliphatic rings. The highest BCUT2D eigenvalue weighted by molar-refractivity contribution is 5.73. The van der Waals surface area contributed by atoms with Gasteiger partial charge in [0.05, 0.1) is 13.2 Å². The highest BCUT2D eigenvalue weighted by Crippen LogP contribution is 2.00. The number of nitrogens with two attached hydrogens (primary N) is 1. The first-order chi connectivity index (χ1) is 3.80. The summed E-state index contributed by atoms with van der Waals surface area (Å²) in [5.74, 6) is 0.00231. The molecule has 0 unspecified atom stereocenters. The monoisotopic (exact) mass is 115 g/mol. The third kappa shape index (κ3) is 0.894. The minimum Gasteiger partial charge on any atom is -0.368 e. The highest BCUT2D eigenvalue weighted by Gasteiger charge is 2.12. The van der Waals surface area contributed by atoms with Gasteiger partial charge in [0.2, 0.25) is 5.96 Å². The molecule has 0 aromatic rings. The summed E-state index contributed by atoms with van der Waals surface area (Å²) in [5.41, 5.74) is 5.08. The van der Waals surface area contributed by atoms with E-state index >= 15 is 0 Å². The molecule has 4 nitrogen and oxygen atoms in total. The number of hydrogen-bond acceptors (Lipinski definition) is 2. The fraction of sp³-hybridized carbons (Fsp3) is 0.750. The molecule has 0 aromatic heterocycles. The molecule has 46 valence electrons. The quantitative estimate of drug-likeness (QED) is 0.331. The second kappa shape index (κ2) is 2.00. The van der Waals surface area contributed by atoms with Gasteiger partial charge in [-0.15, -0.1) is 0 Å². The summed E-state index contributed by atoms with van der Waals surface area (Å²) in [5, 5.41) is 8.26. The lowest BCUT2D eigenvalue weighted by Gasteiger charge is -2.11. The predicted octanol–water partition coefficient (Wildman–Crippen LogP) is -0.483. The van der Waals surface area contributed by atoms with Crippen LogP contribution in [-0.4, -0.2) is 24.2 Å². The molecule has 3 N–H and O–H groups in total. The smallest absolute Gasteiger partial charge is 0.212 e. The van der Waals surface area contributed by atoms with Crippen molar-refractivity contribution in [3.8, 4) is 0 Å². The number of rotatable bonds is 0. The average Bonchev–Trinajstić information content (AvgIpc) is 2.12. The molecule has 1 fully saturated rings. The van der Waals surface area contributed by atoms with Gasteiger partial charge in [0, 0.05) is 0 Å². The zero-order chi connectivity index (χ0) is 5.98. The van der Waals surface area contributed by atoms with Crippen molar-refractivity contribution in [2.45, 2.75) is 6.42 Å². The van der Waals surface area contributed by atoms with Crippen molar-refractivity contribution >= 4 is 5.96 Å². The van der Waals surface area contributed by atoms with Crippen molar-refractivity contribution in [3.63, 3.8) is 0 Å². The molecule has 0 spiro atoms. The van der Waals surface area contributed by atoms with Gasteiger partial charge >= 0.3 is 0 Å². The van der Waals surface area contributed by atoms with Crippen molar-refractivity contribution in [2.75, 3.05) is 13.2 Å². The van der Waals surface area contributed by atoms with Crippen LogP contribution in [0.4, 0.5) is 0 Å². The molecule has 0 saturated carbocycles. The molecule has 1 rings (SSSR count). The van der Waals surface area contributed by atoms with Gasteiger partial charge in [-0.2, -0.15) is 0 Å². The van der Waals surface area contributed by atoms with Gasteiger partial charge in [-0.25, -0.2) is 5.06 Å². The van der Waals surface area contributed by atoms with Crippen LogP contribution >= 0.6 is 0 Å². The van der Waals surface area contributed by atoms with Gasteiger partial charge in [-0.1, -0.05) is 0 Å². The minimum atomic E-state index is 0.00231. The largest absolute Gasteiger partial charge is 0.368 e. The molecule has 4 heteroatoms. The van der Waals surface area contributed by atoms with Crippen molar-refractivity contribution in [1.82, 2.24) is 5.06 Å². The average molecular weight is 115 g/mol. The molecular formula is C4H9N3O. The van der Waals surface area contributed by atoms with Crippen LogP contribution in [0.1, 0.15) is 6.42 Å². The van der Waals surface area contributed by atoms with E-state index in [1.165, 1.54) is 5.06 Å². The van der Waals surface area contributed by atoms with E-state index in [2.05, 4.69) is 0 Å². The second-order valence-corrected chi connectivity index (χ2v) is 1.67. The Hall–Kier alpha value is -0.770. The maximum Gasteiger partial charge on any atom is 0.212 e. The third-order valence-electron chi connectivity index (χ3n) is 1.02. The first-order valence-corrected chi connectivity index (χ1v) is 2.55. The summed E-state index contributed by atoms with van der Waals surface area (Å²) in [4.78, 5) is 4.90. The molecule has 0 atom stereocenters. The van der Waals surface area contributed by atoms with Crippen LogP contribution < -0.4 is 5.73 Å². The first-order valence-electron chi connectivity index (χ1n) is 2.55. The van der Waals surface area contributed by atoms with Crippen LogP contribution in [0.5, 0.6) is 0 Å². The van der Waals surface area contributed by atoms with Gasteiger partial charge < -0.3 is 5.73 Å². The topological polar surface area (TPSA) is 62.3 Å². The van der Waals surface area contributed by atoms with E-state index in [4.69, 9.17) is 16.0 Å². The summed E-state index contributed by atoms with van der Waals surface area (Å²) in [6.45, 7) is 1.45. The zero-order valence-electron chi connectivity index (χ0n) is 4.55. The molecule has 0 aliphatic carbocycles. The van der Waals surface area contributed by atoms with E-state index in [-0.39, 0.29) is 5.96 Å². The van der Waals surface area contributed by atoms with E-state index in [9.17, 15) is 0 Å². The molecule has 0 amide bonds. The molecule has 8 heavy (non-hydrogen) atoms. The van der Waals surface area contributed by atoms with E-state index in [1.54, 1.807) is 0 Å². The van der Waals surface area contributed by atoms with Gasteiger partial charge in [-0.05, 0) is 6.42 Å². The Morgan fingerprint density at radius 2 is 2.50 bits per heavy atom. The van der Waals surface area contributed by atoms with Crippen molar-refractivity contribution in [2.24, 2.45) is 5.73 Å². The molecule has 0 bridgehead atoms. The Morgan fingerprint density at radius 1 is 1.75 bits per heavy atom. The van der Waals surface area contributed by atoms with Crippen LogP contribution in [0.3, 0.4) is 0 Å². The zero-order valence-corrected chi connectivity index (χ0v) is 4.55. The van der Waals surface area contributed by atoms with E-state index in [1.807, 2.05) is 0 Å². The van der Waals surface area contributed by atoms with Gasteiger partial charge in [0.1, 0.15) is 0 Å². The van der Waals surface area contributed by atoms with Crippen molar-refractivity contribution in [3.05, 3.63) is 0 Å². The summed E-state index contributed by atoms with van der Waals surface area (Å²) < 4.78 is 0. The lowest BCUT2D eigenvalue weighted by molar-refractivity contribution is -0.0458. The summed E-state index contributed by atoms with van der Waals surface area (Å²) in [7, 11) is 0. The van der Waals surface area contributed by atoms with Crippen LogP contribution in [0, 0.1) is 5.41 Å². The fourth-order valence-electron chi connectivity index (χ4n) is 0.637. The summed E-state index contributed by atoms with van der Waals surface area (Å²) in [6, 6.07) is 0. The molecule has 1 saturated heterocycles. The number of hydrogen-bond donors (Lipinski definition) is 2. The van der Waals surface area contributed by atoms with Gasteiger partial charge in [-0.3, -0.25) is 10.2 Å². The maximum absolute atomic E-state index is 6.87. The lowest BCUT2D eigenvalue weighted by Crippen LogP contribution is -2.32. The first kappa shape index (κ1) is 5.37. The Balaban J connectivity index is 2.35. The van der Waals surface area contributed by atoms with Crippen LogP contribution in [-0.2, 0) is 4.84 Å². The minimum absolute atomic E-state index is 0.00231. The van der Waals surface area contributed by atoms with Crippen molar-refractivity contribution in [1.29, 1.82) is 5.41 Å². The molecule has 0 aromatic carbocycles. The Kier molecular flexibility index (Phi) is 1.34. The number of nitrogens with zero attached hydrogens (tertiary/aromatic N) is 1. The lowest BCUT2D eigenvalue weighted by atomic mass is 10.5. The van der Waals surface area contributed by atoms with Gasteiger partial charge in [0.25, 0.3) is 0 Å². The summed E-state index contributed by atoms with van der Waals surface area (Å²) in [6.07, 6.45) is 0.972. The molecule has 1 heterocycles. The normalized spacial score (nSPS) is 19.2. The molecule has 1 aliphatic heterocycles. The molecular weight excluding hydrogens is 106 g/mol.